The third kappa shape index (κ3) is 4.89. The minimum Gasteiger partial charge on any atom is -0.493 e. The Balaban J connectivity index is 1.56. The zero-order valence-corrected chi connectivity index (χ0v) is 15.9. The summed E-state index contributed by atoms with van der Waals surface area (Å²) >= 11 is 0. The Labute approximate surface area is 160 Å². The number of carbonyl (C=O) groups is 1. The van der Waals surface area contributed by atoms with Crippen molar-refractivity contribution in [2.75, 3.05) is 40.4 Å². The van der Waals surface area contributed by atoms with E-state index in [1.807, 2.05) is 29.2 Å². The molecule has 3 rings (SSSR count). The number of hydrogen-bond donors (Lipinski definition) is 0. The fraction of sp³-hybridized carbons (Fsp3) is 0.318. The molecule has 0 radical (unpaired) electrons. The van der Waals surface area contributed by atoms with Crippen molar-refractivity contribution in [1.29, 1.82) is 0 Å². The van der Waals surface area contributed by atoms with Gasteiger partial charge in [-0.25, -0.2) is 0 Å². The topological polar surface area (TPSA) is 42.0 Å². The monoisotopic (exact) mass is 366 g/mol. The van der Waals surface area contributed by atoms with Crippen LogP contribution in [0.1, 0.15) is 11.1 Å². The van der Waals surface area contributed by atoms with Crippen LogP contribution in [0.25, 0.3) is 6.08 Å². The first kappa shape index (κ1) is 19.0. The molecule has 0 bridgehead atoms. The zero-order chi connectivity index (χ0) is 19.1. The molecule has 142 valence electrons. The maximum Gasteiger partial charge on any atom is 0.246 e. The molecule has 0 spiro atoms. The van der Waals surface area contributed by atoms with E-state index in [1.54, 1.807) is 26.4 Å². The molecule has 1 heterocycles. The first-order chi connectivity index (χ1) is 13.2. The summed E-state index contributed by atoms with van der Waals surface area (Å²) in [6, 6.07) is 16.1. The molecule has 0 aliphatic carbocycles. The zero-order valence-electron chi connectivity index (χ0n) is 15.9. The molecule has 1 fully saturated rings. The largest absolute Gasteiger partial charge is 0.493 e. The summed E-state index contributed by atoms with van der Waals surface area (Å²) in [4.78, 5) is 16.8. The van der Waals surface area contributed by atoms with E-state index in [9.17, 15) is 4.79 Å². The fourth-order valence-corrected chi connectivity index (χ4v) is 3.28. The SMILES string of the molecule is COc1cccc(/C=C/C(=O)N2CCN(Cc3ccccc3)CC2)c1OC. The van der Waals surface area contributed by atoms with Gasteiger partial charge in [0.1, 0.15) is 0 Å². The van der Waals surface area contributed by atoms with Crippen LogP contribution in [0.5, 0.6) is 11.5 Å². The summed E-state index contributed by atoms with van der Waals surface area (Å²) in [6.07, 6.45) is 3.41. The molecule has 0 N–H and O–H groups in total. The standard InChI is InChI=1S/C22H26N2O3/c1-26-20-10-6-9-19(22(20)27-2)11-12-21(25)24-15-13-23(14-16-24)17-18-7-4-3-5-8-18/h3-12H,13-17H2,1-2H3/b12-11+. The summed E-state index contributed by atoms with van der Waals surface area (Å²) in [5.74, 6) is 1.32. The van der Waals surface area contributed by atoms with E-state index < -0.39 is 0 Å². The quantitative estimate of drug-likeness (QED) is 0.737. The Morgan fingerprint density at radius 2 is 1.70 bits per heavy atom. The first-order valence-electron chi connectivity index (χ1n) is 9.15. The molecule has 2 aromatic rings. The van der Waals surface area contributed by atoms with Crippen LogP contribution in [-0.4, -0.2) is 56.1 Å². The number of carbonyl (C=O) groups excluding carboxylic acids is 1. The highest BCUT2D eigenvalue weighted by Crippen LogP contribution is 2.31. The average Bonchev–Trinajstić information content (AvgIpc) is 2.72. The lowest BCUT2D eigenvalue weighted by Crippen LogP contribution is -2.47. The van der Waals surface area contributed by atoms with Crippen molar-refractivity contribution < 1.29 is 14.3 Å². The lowest BCUT2D eigenvalue weighted by Gasteiger charge is -2.34. The smallest absolute Gasteiger partial charge is 0.246 e. The lowest BCUT2D eigenvalue weighted by molar-refractivity contribution is -0.127. The number of nitrogens with zero attached hydrogens (tertiary/aromatic N) is 2. The van der Waals surface area contributed by atoms with Gasteiger partial charge in [0.25, 0.3) is 0 Å². The van der Waals surface area contributed by atoms with E-state index in [0.29, 0.717) is 11.5 Å². The van der Waals surface area contributed by atoms with E-state index >= 15 is 0 Å². The van der Waals surface area contributed by atoms with Crippen molar-refractivity contribution >= 4 is 12.0 Å². The number of ether oxygens (including phenoxy) is 2. The van der Waals surface area contributed by atoms with Crippen molar-refractivity contribution in [3.8, 4) is 11.5 Å². The molecule has 0 saturated carbocycles. The van der Waals surface area contributed by atoms with Gasteiger partial charge in [-0.2, -0.15) is 0 Å². The van der Waals surface area contributed by atoms with Gasteiger partial charge >= 0.3 is 0 Å². The Kier molecular flexibility index (Phi) is 6.49. The van der Waals surface area contributed by atoms with E-state index in [1.165, 1.54) is 5.56 Å². The van der Waals surface area contributed by atoms with Crippen LogP contribution in [0.3, 0.4) is 0 Å². The van der Waals surface area contributed by atoms with Gasteiger partial charge in [0, 0.05) is 44.4 Å². The number of hydrogen-bond acceptors (Lipinski definition) is 4. The van der Waals surface area contributed by atoms with E-state index in [-0.39, 0.29) is 5.91 Å². The predicted octanol–water partition coefficient (Wildman–Crippen LogP) is 3.06. The summed E-state index contributed by atoms with van der Waals surface area (Å²) in [5.41, 5.74) is 2.13. The molecular formula is C22H26N2O3. The normalized spacial score (nSPS) is 15.1. The highest BCUT2D eigenvalue weighted by molar-refractivity contribution is 5.92. The number of methoxy groups -OCH3 is 2. The average molecular weight is 366 g/mol. The maximum atomic E-state index is 12.5. The number of piperazine rings is 1. The molecular weight excluding hydrogens is 340 g/mol. The van der Waals surface area contributed by atoms with E-state index in [4.69, 9.17) is 9.47 Å². The highest BCUT2D eigenvalue weighted by Gasteiger charge is 2.19. The van der Waals surface area contributed by atoms with Crippen molar-refractivity contribution in [3.05, 3.63) is 65.7 Å². The minimum absolute atomic E-state index is 0.0271. The minimum atomic E-state index is 0.0271. The second kappa shape index (κ2) is 9.24. The summed E-state index contributed by atoms with van der Waals surface area (Å²) in [6.45, 7) is 4.18. The van der Waals surface area contributed by atoms with Crippen LogP contribution in [0.4, 0.5) is 0 Å². The third-order valence-corrected chi connectivity index (χ3v) is 4.77. The molecule has 27 heavy (non-hydrogen) atoms. The van der Waals surface area contributed by atoms with Gasteiger partial charge < -0.3 is 14.4 Å². The molecule has 5 heteroatoms. The van der Waals surface area contributed by atoms with Crippen LogP contribution >= 0.6 is 0 Å². The Hall–Kier alpha value is -2.79. The van der Waals surface area contributed by atoms with Crippen LogP contribution in [-0.2, 0) is 11.3 Å². The Bertz CT molecular complexity index is 781. The number of rotatable bonds is 6. The van der Waals surface area contributed by atoms with Crippen LogP contribution in [0, 0.1) is 0 Å². The van der Waals surface area contributed by atoms with Gasteiger partial charge in [0.05, 0.1) is 14.2 Å². The summed E-state index contributed by atoms with van der Waals surface area (Å²) in [7, 11) is 3.20. The fourth-order valence-electron chi connectivity index (χ4n) is 3.28. The van der Waals surface area contributed by atoms with E-state index in [0.717, 1.165) is 38.3 Å². The van der Waals surface area contributed by atoms with Crippen molar-refractivity contribution in [3.63, 3.8) is 0 Å². The number of benzene rings is 2. The van der Waals surface area contributed by atoms with Crippen molar-refractivity contribution in [1.82, 2.24) is 9.80 Å². The molecule has 5 nitrogen and oxygen atoms in total. The van der Waals surface area contributed by atoms with Crippen molar-refractivity contribution in [2.24, 2.45) is 0 Å². The molecule has 1 aliphatic heterocycles. The van der Waals surface area contributed by atoms with Gasteiger partial charge in [-0.05, 0) is 17.7 Å². The molecule has 0 unspecified atom stereocenters. The van der Waals surface area contributed by atoms with Crippen LogP contribution < -0.4 is 9.47 Å². The molecule has 0 atom stereocenters. The van der Waals surface area contributed by atoms with Gasteiger partial charge in [0.15, 0.2) is 11.5 Å². The third-order valence-electron chi connectivity index (χ3n) is 4.77. The predicted molar refractivity (Wildman–Crippen MR) is 107 cm³/mol. The molecule has 2 aromatic carbocycles. The Morgan fingerprint density at radius 1 is 0.963 bits per heavy atom. The maximum absolute atomic E-state index is 12.5. The van der Waals surface area contributed by atoms with Gasteiger partial charge in [0.2, 0.25) is 5.91 Å². The second-order valence-corrected chi connectivity index (χ2v) is 6.50. The first-order valence-corrected chi connectivity index (χ1v) is 9.15. The molecule has 0 aromatic heterocycles. The summed E-state index contributed by atoms with van der Waals surface area (Å²) in [5, 5.41) is 0. The summed E-state index contributed by atoms with van der Waals surface area (Å²) < 4.78 is 10.7. The molecule has 1 aliphatic rings. The number of amides is 1. The van der Waals surface area contributed by atoms with Crippen molar-refractivity contribution in [2.45, 2.75) is 6.54 Å². The van der Waals surface area contributed by atoms with E-state index in [2.05, 4.69) is 29.2 Å². The van der Waals surface area contributed by atoms with Gasteiger partial charge in [-0.1, -0.05) is 42.5 Å². The van der Waals surface area contributed by atoms with Crippen LogP contribution in [0.2, 0.25) is 0 Å². The second-order valence-electron chi connectivity index (χ2n) is 6.50. The van der Waals surface area contributed by atoms with Crippen LogP contribution in [0.15, 0.2) is 54.6 Å². The molecule has 1 saturated heterocycles. The number of para-hydroxylation sites is 1. The lowest BCUT2D eigenvalue weighted by atomic mass is 10.1. The van der Waals surface area contributed by atoms with Gasteiger partial charge in [-0.3, -0.25) is 9.69 Å². The Morgan fingerprint density at radius 3 is 2.37 bits per heavy atom. The highest BCUT2D eigenvalue weighted by atomic mass is 16.5. The molecule has 1 amide bonds. The van der Waals surface area contributed by atoms with Gasteiger partial charge in [-0.15, -0.1) is 0 Å².